The SMILES string of the molecule is C[C@H]1C[C@H](N2CCN(C)CC2)CN1c1nc(-c2ccccc2F)c(Cl)c2c1C(=O)N1CCNC[C@@H]1CO2. The Morgan fingerprint density at radius 2 is 1.89 bits per heavy atom. The van der Waals surface area contributed by atoms with Crippen LogP contribution in [-0.2, 0) is 0 Å². The molecule has 0 radical (unpaired) electrons. The van der Waals surface area contributed by atoms with E-state index in [1.165, 1.54) is 6.07 Å². The molecular weight excluding hydrogens is 495 g/mol. The van der Waals surface area contributed by atoms with Gasteiger partial charge in [0.15, 0.2) is 5.75 Å². The highest BCUT2D eigenvalue weighted by atomic mass is 35.5. The van der Waals surface area contributed by atoms with Crippen LogP contribution in [0.4, 0.5) is 10.2 Å². The van der Waals surface area contributed by atoms with Crippen LogP contribution in [0.3, 0.4) is 0 Å². The molecule has 0 aliphatic carbocycles. The Bertz CT molecular complexity index is 1190. The first-order valence-corrected chi connectivity index (χ1v) is 13.6. The van der Waals surface area contributed by atoms with Gasteiger partial charge in [0, 0.05) is 70.0 Å². The molecule has 1 N–H and O–H groups in total. The minimum absolute atomic E-state index is 0.0939. The molecule has 5 heterocycles. The number of pyridine rings is 1. The van der Waals surface area contributed by atoms with Crippen molar-refractivity contribution in [1.29, 1.82) is 0 Å². The van der Waals surface area contributed by atoms with Crippen LogP contribution in [0, 0.1) is 5.82 Å². The number of benzene rings is 1. The van der Waals surface area contributed by atoms with Gasteiger partial charge >= 0.3 is 0 Å². The van der Waals surface area contributed by atoms with Gasteiger partial charge in [-0.2, -0.15) is 0 Å². The number of piperazine rings is 2. The van der Waals surface area contributed by atoms with Crippen molar-refractivity contribution in [3.63, 3.8) is 0 Å². The number of nitrogens with zero attached hydrogens (tertiary/aromatic N) is 5. The highest BCUT2D eigenvalue weighted by Crippen LogP contribution is 2.45. The van der Waals surface area contributed by atoms with Crippen LogP contribution in [0.25, 0.3) is 11.3 Å². The molecule has 4 aliphatic heterocycles. The Labute approximate surface area is 222 Å². The van der Waals surface area contributed by atoms with Crippen molar-refractivity contribution < 1.29 is 13.9 Å². The summed E-state index contributed by atoms with van der Waals surface area (Å²) in [5.74, 6) is 0.346. The number of halogens is 2. The Kier molecular flexibility index (Phi) is 6.73. The molecule has 6 rings (SSSR count). The summed E-state index contributed by atoms with van der Waals surface area (Å²) in [5.41, 5.74) is 1.02. The van der Waals surface area contributed by atoms with E-state index >= 15 is 0 Å². The van der Waals surface area contributed by atoms with Crippen LogP contribution in [0.1, 0.15) is 23.7 Å². The number of nitrogens with one attached hydrogen (secondary N) is 1. The van der Waals surface area contributed by atoms with Gasteiger partial charge in [-0.05, 0) is 32.5 Å². The molecule has 10 heteroatoms. The third-order valence-electron chi connectivity index (χ3n) is 8.33. The number of likely N-dealkylation sites (N-methyl/N-ethyl adjacent to an activating group) is 1. The molecule has 0 saturated carbocycles. The topological polar surface area (TPSA) is 64.2 Å². The fourth-order valence-corrected chi connectivity index (χ4v) is 6.44. The molecule has 2 aromatic rings. The lowest BCUT2D eigenvalue weighted by molar-refractivity contribution is 0.0606. The normalized spacial score (nSPS) is 27.0. The van der Waals surface area contributed by atoms with E-state index < -0.39 is 5.82 Å². The molecule has 3 atom stereocenters. The zero-order chi connectivity index (χ0) is 25.7. The number of carbonyl (C=O) groups excluding carboxylic acids is 1. The molecule has 3 fully saturated rings. The molecule has 3 saturated heterocycles. The molecule has 1 amide bonds. The van der Waals surface area contributed by atoms with Crippen LogP contribution in [0.5, 0.6) is 5.75 Å². The van der Waals surface area contributed by atoms with Gasteiger partial charge in [0.25, 0.3) is 5.91 Å². The lowest BCUT2D eigenvalue weighted by Gasteiger charge is -2.36. The summed E-state index contributed by atoms with van der Waals surface area (Å²) >= 11 is 6.88. The minimum atomic E-state index is -0.408. The molecule has 8 nitrogen and oxygen atoms in total. The van der Waals surface area contributed by atoms with Crippen molar-refractivity contribution in [2.75, 3.05) is 70.9 Å². The van der Waals surface area contributed by atoms with E-state index in [0.29, 0.717) is 54.1 Å². The molecule has 37 heavy (non-hydrogen) atoms. The zero-order valence-corrected chi connectivity index (χ0v) is 22.2. The van der Waals surface area contributed by atoms with E-state index in [1.807, 2.05) is 4.90 Å². The van der Waals surface area contributed by atoms with Crippen molar-refractivity contribution in [3.8, 4) is 17.0 Å². The molecule has 0 bridgehead atoms. The zero-order valence-electron chi connectivity index (χ0n) is 21.4. The number of amides is 1. The summed E-state index contributed by atoms with van der Waals surface area (Å²) < 4.78 is 21.2. The van der Waals surface area contributed by atoms with Crippen LogP contribution in [0.2, 0.25) is 5.02 Å². The smallest absolute Gasteiger partial charge is 0.261 e. The van der Waals surface area contributed by atoms with E-state index in [1.54, 1.807) is 18.2 Å². The fraction of sp³-hybridized carbons (Fsp3) is 0.556. The Morgan fingerprint density at radius 1 is 1.11 bits per heavy atom. The number of ether oxygens (including phenoxy) is 1. The van der Waals surface area contributed by atoms with E-state index in [4.69, 9.17) is 21.3 Å². The number of fused-ring (bicyclic) bond motifs is 2. The Morgan fingerprint density at radius 3 is 2.68 bits per heavy atom. The Hall–Kier alpha value is -2.46. The molecule has 0 spiro atoms. The first-order valence-electron chi connectivity index (χ1n) is 13.2. The van der Waals surface area contributed by atoms with Gasteiger partial charge in [0.1, 0.15) is 28.8 Å². The summed E-state index contributed by atoms with van der Waals surface area (Å²) in [6.45, 7) is 9.39. The Balaban J connectivity index is 1.45. The third-order valence-corrected chi connectivity index (χ3v) is 8.68. The number of anilines is 1. The lowest BCUT2D eigenvalue weighted by Crippen LogP contribution is -2.55. The van der Waals surface area contributed by atoms with Crippen molar-refractivity contribution in [2.24, 2.45) is 0 Å². The highest BCUT2D eigenvalue weighted by Gasteiger charge is 2.42. The fourth-order valence-electron chi connectivity index (χ4n) is 6.15. The van der Waals surface area contributed by atoms with Gasteiger partial charge in [-0.15, -0.1) is 0 Å². The van der Waals surface area contributed by atoms with E-state index in [2.05, 4.69) is 34.0 Å². The van der Waals surface area contributed by atoms with E-state index in [0.717, 1.165) is 45.7 Å². The highest BCUT2D eigenvalue weighted by molar-refractivity contribution is 6.35. The maximum Gasteiger partial charge on any atom is 0.261 e. The second-order valence-corrected chi connectivity index (χ2v) is 11.1. The lowest BCUT2D eigenvalue weighted by atomic mass is 10.1. The number of hydrogen-bond donors (Lipinski definition) is 1. The first kappa shape index (κ1) is 24.9. The number of rotatable bonds is 3. The molecule has 4 aliphatic rings. The first-order chi connectivity index (χ1) is 17.9. The summed E-state index contributed by atoms with van der Waals surface area (Å²) in [6, 6.07) is 6.91. The van der Waals surface area contributed by atoms with Crippen molar-refractivity contribution in [1.82, 2.24) is 25.0 Å². The molecule has 1 aromatic carbocycles. The predicted octanol–water partition coefficient (Wildman–Crippen LogP) is 2.56. The second kappa shape index (κ2) is 10.0. The van der Waals surface area contributed by atoms with E-state index in [-0.39, 0.29) is 23.0 Å². The van der Waals surface area contributed by atoms with Gasteiger partial charge < -0.3 is 24.8 Å². The van der Waals surface area contributed by atoms with Gasteiger partial charge in [0.2, 0.25) is 0 Å². The molecule has 0 unspecified atom stereocenters. The molecule has 1 aromatic heterocycles. The molecule has 198 valence electrons. The maximum absolute atomic E-state index is 15.0. The standard InChI is InChI=1S/C27H34ClFN6O2/c1-17-13-18(33-11-9-32(2)10-12-33)15-35(17)26-22-25(37-16-19-14-30-7-8-34(19)27(22)36)23(28)24(31-26)20-5-3-4-6-21(20)29/h3-6,17-19,30H,7-16H2,1-2H3/t17-,18-,19+/m0/s1. The molecular formula is C27H34ClFN6O2. The van der Waals surface area contributed by atoms with Gasteiger partial charge in [0.05, 0.1) is 11.7 Å². The minimum Gasteiger partial charge on any atom is -0.489 e. The summed E-state index contributed by atoms with van der Waals surface area (Å²) in [5, 5.41) is 3.54. The van der Waals surface area contributed by atoms with Crippen LogP contribution in [0.15, 0.2) is 24.3 Å². The van der Waals surface area contributed by atoms with Crippen LogP contribution < -0.4 is 15.0 Å². The third kappa shape index (κ3) is 4.46. The van der Waals surface area contributed by atoms with Gasteiger partial charge in [-0.3, -0.25) is 9.69 Å². The number of carbonyl (C=O) groups is 1. The monoisotopic (exact) mass is 528 g/mol. The van der Waals surface area contributed by atoms with E-state index in [9.17, 15) is 9.18 Å². The van der Waals surface area contributed by atoms with Crippen LogP contribution >= 0.6 is 11.6 Å². The van der Waals surface area contributed by atoms with Crippen molar-refractivity contribution in [3.05, 3.63) is 40.7 Å². The quantitative estimate of drug-likeness (QED) is 0.657. The number of hydrogen-bond acceptors (Lipinski definition) is 7. The summed E-state index contributed by atoms with van der Waals surface area (Å²) in [7, 11) is 2.16. The average molecular weight is 529 g/mol. The second-order valence-electron chi connectivity index (χ2n) is 10.7. The number of aromatic nitrogens is 1. The van der Waals surface area contributed by atoms with Gasteiger partial charge in [-0.25, -0.2) is 9.37 Å². The average Bonchev–Trinajstić information content (AvgIpc) is 3.22. The maximum atomic E-state index is 15.0. The van der Waals surface area contributed by atoms with Crippen molar-refractivity contribution >= 4 is 23.3 Å². The van der Waals surface area contributed by atoms with Crippen LogP contribution in [-0.4, -0.2) is 110 Å². The van der Waals surface area contributed by atoms with Gasteiger partial charge in [-0.1, -0.05) is 23.7 Å². The summed E-state index contributed by atoms with van der Waals surface area (Å²) in [4.78, 5) is 28.0. The van der Waals surface area contributed by atoms with Crippen molar-refractivity contribution in [2.45, 2.75) is 31.5 Å². The predicted molar refractivity (Wildman–Crippen MR) is 142 cm³/mol. The summed E-state index contributed by atoms with van der Waals surface area (Å²) in [6.07, 6.45) is 0.975. The largest absolute Gasteiger partial charge is 0.489 e.